The molecule has 1 heterocycles. The maximum absolute atomic E-state index is 13.1. The quantitative estimate of drug-likeness (QED) is 0.308. The molecule has 1 aromatic carbocycles. The van der Waals surface area contributed by atoms with Crippen molar-refractivity contribution in [1.29, 1.82) is 0 Å². The molecule has 0 aromatic heterocycles. The fraction of sp³-hybridized carbons (Fsp3) is 0.682. The van der Waals surface area contributed by atoms with Gasteiger partial charge in [-0.25, -0.2) is 0 Å². The molecule has 176 valence electrons. The zero-order chi connectivity index (χ0) is 21.6. The minimum Gasteiger partial charge on any atom is -0.356 e. The smallest absolute Gasteiger partial charge is 0.356 e. The lowest BCUT2D eigenvalue weighted by Crippen LogP contribution is -2.51. The topological polar surface area (TPSA) is 42.9 Å². The monoisotopic (exact) mass is 553 g/mol. The van der Waals surface area contributed by atoms with Gasteiger partial charge in [-0.15, -0.1) is 24.0 Å². The zero-order valence-electron chi connectivity index (χ0n) is 18.5. The molecule has 2 fully saturated rings. The van der Waals surface area contributed by atoms with Crippen LogP contribution in [-0.4, -0.2) is 75.2 Å². The van der Waals surface area contributed by atoms with Gasteiger partial charge in [-0.05, 0) is 31.0 Å². The van der Waals surface area contributed by atoms with E-state index in [0.717, 1.165) is 76.7 Å². The Morgan fingerprint density at radius 3 is 2.32 bits per heavy atom. The lowest BCUT2D eigenvalue weighted by molar-refractivity contribution is -0.137. The summed E-state index contributed by atoms with van der Waals surface area (Å²) in [5.74, 6) is 0.709. The molecule has 0 spiro atoms. The van der Waals surface area contributed by atoms with Gasteiger partial charge in [0.1, 0.15) is 0 Å². The molecule has 2 aliphatic rings. The third-order valence-corrected chi connectivity index (χ3v) is 6.56. The van der Waals surface area contributed by atoms with E-state index >= 15 is 0 Å². The summed E-state index contributed by atoms with van der Waals surface area (Å²) in [5, 5.41) is 6.71. The highest BCUT2D eigenvalue weighted by molar-refractivity contribution is 14.0. The lowest BCUT2D eigenvalue weighted by Gasteiger charge is -2.43. The summed E-state index contributed by atoms with van der Waals surface area (Å²) in [6.07, 6.45) is -1.50. The number of nitrogens with one attached hydrogen (secondary N) is 2. The van der Waals surface area contributed by atoms with Crippen LogP contribution in [0.1, 0.15) is 37.3 Å². The lowest BCUT2D eigenvalue weighted by atomic mass is 9.64. The van der Waals surface area contributed by atoms with Crippen LogP contribution in [-0.2, 0) is 11.6 Å². The third kappa shape index (κ3) is 6.95. The van der Waals surface area contributed by atoms with Gasteiger partial charge in [-0.1, -0.05) is 31.5 Å². The molecule has 1 saturated heterocycles. The molecule has 1 aliphatic heterocycles. The van der Waals surface area contributed by atoms with Gasteiger partial charge < -0.3 is 15.5 Å². The maximum Gasteiger partial charge on any atom is 0.416 e. The van der Waals surface area contributed by atoms with E-state index in [1.807, 2.05) is 6.07 Å². The molecule has 1 aliphatic carbocycles. The highest BCUT2D eigenvalue weighted by Crippen LogP contribution is 2.44. The van der Waals surface area contributed by atoms with Gasteiger partial charge in [0, 0.05) is 58.3 Å². The zero-order valence-corrected chi connectivity index (χ0v) is 20.8. The summed E-state index contributed by atoms with van der Waals surface area (Å²) in [7, 11) is 1.73. The van der Waals surface area contributed by atoms with Crippen LogP contribution >= 0.6 is 24.0 Å². The minimum absolute atomic E-state index is 0. The van der Waals surface area contributed by atoms with Crippen molar-refractivity contribution in [2.24, 2.45) is 4.99 Å². The van der Waals surface area contributed by atoms with E-state index in [9.17, 15) is 13.2 Å². The van der Waals surface area contributed by atoms with Crippen molar-refractivity contribution >= 4 is 29.9 Å². The largest absolute Gasteiger partial charge is 0.416 e. The Bertz CT molecular complexity index is 713. The summed E-state index contributed by atoms with van der Waals surface area (Å²) in [6, 6.07) is 5.79. The highest BCUT2D eigenvalue weighted by atomic mass is 127. The van der Waals surface area contributed by atoms with Crippen LogP contribution in [0.4, 0.5) is 13.2 Å². The van der Waals surface area contributed by atoms with Gasteiger partial charge in [-0.3, -0.25) is 9.89 Å². The fourth-order valence-electron chi connectivity index (χ4n) is 4.33. The fourth-order valence-corrected chi connectivity index (χ4v) is 4.33. The van der Waals surface area contributed by atoms with Crippen LogP contribution in [0.5, 0.6) is 0 Å². The number of halogens is 4. The molecule has 0 unspecified atom stereocenters. The average molecular weight is 553 g/mol. The first-order valence-electron chi connectivity index (χ1n) is 10.9. The molecule has 1 aromatic rings. The first kappa shape index (κ1) is 26.2. The predicted octanol–water partition coefficient (Wildman–Crippen LogP) is 3.55. The van der Waals surface area contributed by atoms with E-state index in [1.165, 1.54) is 12.1 Å². The number of likely N-dealkylation sites (N-methyl/N-ethyl adjacent to an activating group) is 1. The number of alkyl halides is 3. The van der Waals surface area contributed by atoms with Crippen LogP contribution < -0.4 is 10.6 Å². The number of piperazine rings is 1. The number of benzene rings is 1. The Hall–Kier alpha value is -1.07. The van der Waals surface area contributed by atoms with Crippen molar-refractivity contribution in [1.82, 2.24) is 20.4 Å². The van der Waals surface area contributed by atoms with E-state index in [1.54, 1.807) is 7.05 Å². The van der Waals surface area contributed by atoms with Crippen LogP contribution in [0.2, 0.25) is 0 Å². The summed E-state index contributed by atoms with van der Waals surface area (Å²) in [4.78, 5) is 9.20. The van der Waals surface area contributed by atoms with Gasteiger partial charge in [0.15, 0.2) is 5.96 Å². The Morgan fingerprint density at radius 2 is 1.77 bits per heavy atom. The molecule has 31 heavy (non-hydrogen) atoms. The molecule has 0 amide bonds. The van der Waals surface area contributed by atoms with E-state index in [2.05, 4.69) is 32.3 Å². The summed E-state index contributed by atoms with van der Waals surface area (Å²) >= 11 is 0. The van der Waals surface area contributed by atoms with Crippen molar-refractivity contribution in [3.05, 3.63) is 35.4 Å². The van der Waals surface area contributed by atoms with Crippen molar-refractivity contribution in [2.75, 3.05) is 59.4 Å². The first-order valence-corrected chi connectivity index (χ1v) is 10.9. The van der Waals surface area contributed by atoms with Crippen molar-refractivity contribution in [2.45, 2.75) is 37.8 Å². The molecule has 1 saturated carbocycles. The Morgan fingerprint density at radius 1 is 1.10 bits per heavy atom. The number of hydrogen-bond donors (Lipinski definition) is 2. The van der Waals surface area contributed by atoms with Gasteiger partial charge in [0.2, 0.25) is 0 Å². The van der Waals surface area contributed by atoms with Crippen molar-refractivity contribution < 1.29 is 13.2 Å². The average Bonchev–Trinajstić information content (AvgIpc) is 2.71. The van der Waals surface area contributed by atoms with E-state index in [-0.39, 0.29) is 29.4 Å². The van der Waals surface area contributed by atoms with E-state index < -0.39 is 11.7 Å². The maximum atomic E-state index is 13.1. The molecule has 2 N–H and O–H groups in total. The van der Waals surface area contributed by atoms with Crippen LogP contribution in [0, 0.1) is 0 Å². The molecule has 0 atom stereocenters. The Kier molecular flexibility index (Phi) is 9.88. The highest BCUT2D eigenvalue weighted by Gasteiger charge is 2.40. The van der Waals surface area contributed by atoms with Gasteiger partial charge in [-0.2, -0.15) is 13.2 Å². The minimum atomic E-state index is -4.31. The molecule has 5 nitrogen and oxygen atoms in total. The van der Waals surface area contributed by atoms with Crippen LogP contribution in [0.25, 0.3) is 0 Å². The van der Waals surface area contributed by atoms with Crippen LogP contribution in [0.15, 0.2) is 29.3 Å². The van der Waals surface area contributed by atoms with Crippen molar-refractivity contribution in [3.63, 3.8) is 0 Å². The number of aliphatic imine (C=N–C) groups is 1. The number of guanidine groups is 1. The summed E-state index contributed by atoms with van der Waals surface area (Å²) in [6.45, 7) is 10.0. The standard InChI is InChI=1S/C22H34F3N5.HI/c1-3-29-12-14-30(15-13-29)11-10-27-20(26-2)28-17-21(8-5-9-21)18-6-4-7-19(16-18)22(23,24)25;/h4,6-7,16H,3,5,8-15,17H2,1-2H3,(H2,26,27,28);1H. The molecular weight excluding hydrogens is 518 g/mol. The Labute approximate surface area is 200 Å². The predicted molar refractivity (Wildman–Crippen MR) is 130 cm³/mol. The molecule has 0 bridgehead atoms. The Balaban J connectivity index is 0.00000341. The normalized spacial score (nSPS) is 20.0. The van der Waals surface area contributed by atoms with Crippen LogP contribution in [0.3, 0.4) is 0 Å². The van der Waals surface area contributed by atoms with E-state index in [0.29, 0.717) is 12.5 Å². The molecule has 3 rings (SSSR count). The second kappa shape index (κ2) is 11.7. The van der Waals surface area contributed by atoms with Crippen molar-refractivity contribution in [3.8, 4) is 0 Å². The van der Waals surface area contributed by atoms with Gasteiger partial charge in [0.25, 0.3) is 0 Å². The number of rotatable bonds is 7. The van der Waals surface area contributed by atoms with E-state index in [4.69, 9.17) is 0 Å². The third-order valence-electron chi connectivity index (χ3n) is 6.56. The molecule has 0 radical (unpaired) electrons. The second-order valence-corrected chi connectivity index (χ2v) is 8.34. The molecular formula is C22H35F3IN5. The first-order chi connectivity index (χ1) is 14.4. The summed E-state index contributed by atoms with van der Waals surface area (Å²) in [5.41, 5.74) is -0.0627. The van der Waals surface area contributed by atoms with Gasteiger partial charge >= 0.3 is 6.18 Å². The van der Waals surface area contributed by atoms with Gasteiger partial charge in [0.05, 0.1) is 5.56 Å². The SMILES string of the molecule is CCN1CCN(CCNC(=NC)NCC2(c3cccc(C(F)(F)F)c3)CCC2)CC1.I. The number of hydrogen-bond acceptors (Lipinski definition) is 3. The number of nitrogens with zero attached hydrogens (tertiary/aromatic N) is 3. The second-order valence-electron chi connectivity index (χ2n) is 8.34. The molecule has 9 heteroatoms. The summed E-state index contributed by atoms with van der Waals surface area (Å²) < 4.78 is 39.4.